The van der Waals surface area contributed by atoms with Gasteiger partial charge in [-0.15, -0.1) is 12.4 Å². The molecule has 0 radical (unpaired) electrons. The fourth-order valence-electron chi connectivity index (χ4n) is 1.45. The molecule has 0 spiro atoms. The molecule has 0 saturated heterocycles. The van der Waals surface area contributed by atoms with Crippen molar-refractivity contribution in [2.24, 2.45) is 0 Å². The summed E-state index contributed by atoms with van der Waals surface area (Å²) in [5, 5.41) is 8.74. The molecule has 1 aliphatic carbocycles. The van der Waals surface area contributed by atoms with Gasteiger partial charge in [0.15, 0.2) is 5.60 Å². The highest BCUT2D eigenvalue weighted by Gasteiger charge is 2.41. The second kappa shape index (κ2) is 3.93. The topological polar surface area (TPSA) is 46.5 Å². The zero-order valence-corrected chi connectivity index (χ0v) is 7.32. The van der Waals surface area contributed by atoms with Gasteiger partial charge in [-0.1, -0.05) is 0 Å². The lowest BCUT2D eigenvalue weighted by molar-refractivity contribution is -0.161. The summed E-state index contributed by atoms with van der Waals surface area (Å²) in [5.74, 6) is -0.813. The number of ether oxygens (including phenoxy) is 1. The van der Waals surface area contributed by atoms with Crippen molar-refractivity contribution in [1.29, 1.82) is 0 Å². The van der Waals surface area contributed by atoms with Gasteiger partial charge in [0.05, 0.1) is 0 Å². The number of aliphatic carboxylic acids is 1. The van der Waals surface area contributed by atoms with E-state index in [9.17, 15) is 4.79 Å². The molecule has 11 heavy (non-hydrogen) atoms. The van der Waals surface area contributed by atoms with E-state index in [1.54, 1.807) is 0 Å². The van der Waals surface area contributed by atoms with Gasteiger partial charge >= 0.3 is 5.97 Å². The summed E-state index contributed by atoms with van der Waals surface area (Å²) in [4.78, 5) is 10.6. The Kier molecular flexibility index (Phi) is 3.83. The molecule has 66 valence electrons. The largest absolute Gasteiger partial charge is 0.479 e. The van der Waals surface area contributed by atoms with E-state index in [1.807, 2.05) is 0 Å². The predicted molar refractivity (Wildman–Crippen MR) is 43.1 cm³/mol. The van der Waals surface area contributed by atoms with Crippen LogP contribution < -0.4 is 0 Å². The molecule has 0 heterocycles. The smallest absolute Gasteiger partial charge is 0.335 e. The minimum absolute atomic E-state index is 0. The van der Waals surface area contributed by atoms with Crippen LogP contribution in [0.25, 0.3) is 0 Å². The summed E-state index contributed by atoms with van der Waals surface area (Å²) in [5.41, 5.74) is -0.847. The number of carboxylic acids is 1. The average Bonchev–Trinajstić information content (AvgIpc) is 2.35. The van der Waals surface area contributed by atoms with E-state index >= 15 is 0 Å². The molecule has 0 aromatic rings. The molecule has 0 aromatic carbocycles. The second-order valence-electron chi connectivity index (χ2n) is 2.71. The van der Waals surface area contributed by atoms with Gasteiger partial charge in [-0.25, -0.2) is 4.79 Å². The van der Waals surface area contributed by atoms with Crippen molar-refractivity contribution in [2.45, 2.75) is 31.3 Å². The first kappa shape index (κ1) is 10.7. The Balaban J connectivity index is 0.000001000. The molecule has 1 rings (SSSR count). The molecular weight excluding hydrogens is 168 g/mol. The molecule has 0 bridgehead atoms. The maximum Gasteiger partial charge on any atom is 0.335 e. The van der Waals surface area contributed by atoms with Crippen LogP contribution in [0.5, 0.6) is 0 Å². The predicted octanol–water partition coefficient (Wildman–Crippen LogP) is 1.45. The van der Waals surface area contributed by atoms with Crippen molar-refractivity contribution in [1.82, 2.24) is 0 Å². The quantitative estimate of drug-likeness (QED) is 0.700. The number of halogens is 1. The van der Waals surface area contributed by atoms with E-state index in [0.29, 0.717) is 12.8 Å². The zero-order valence-electron chi connectivity index (χ0n) is 6.50. The number of methoxy groups -OCH3 is 1. The number of carbonyl (C=O) groups is 1. The molecule has 3 nitrogen and oxygen atoms in total. The van der Waals surface area contributed by atoms with Crippen LogP contribution in [-0.4, -0.2) is 23.8 Å². The number of carboxylic acid groups (broad SMARTS) is 1. The minimum atomic E-state index is -0.847. The summed E-state index contributed by atoms with van der Waals surface area (Å²) in [6.07, 6.45) is 3.28. The van der Waals surface area contributed by atoms with Gasteiger partial charge in [0.2, 0.25) is 0 Å². The van der Waals surface area contributed by atoms with Gasteiger partial charge in [-0.05, 0) is 25.7 Å². The van der Waals surface area contributed by atoms with Gasteiger partial charge in [0.1, 0.15) is 0 Å². The van der Waals surface area contributed by atoms with Gasteiger partial charge in [0.25, 0.3) is 0 Å². The van der Waals surface area contributed by atoms with Crippen molar-refractivity contribution >= 4 is 18.4 Å². The summed E-state index contributed by atoms with van der Waals surface area (Å²) >= 11 is 0. The Morgan fingerprint density at radius 3 is 2.09 bits per heavy atom. The fourth-order valence-corrected chi connectivity index (χ4v) is 1.45. The van der Waals surface area contributed by atoms with E-state index in [2.05, 4.69) is 0 Å². The van der Waals surface area contributed by atoms with E-state index in [0.717, 1.165) is 12.8 Å². The third-order valence-electron chi connectivity index (χ3n) is 2.19. The first-order valence-corrected chi connectivity index (χ1v) is 3.50. The maximum absolute atomic E-state index is 10.6. The van der Waals surface area contributed by atoms with Gasteiger partial charge < -0.3 is 9.84 Å². The summed E-state index contributed by atoms with van der Waals surface area (Å²) in [6, 6.07) is 0. The van der Waals surface area contributed by atoms with Crippen molar-refractivity contribution in [3.05, 3.63) is 0 Å². The van der Waals surface area contributed by atoms with Crippen LogP contribution in [0, 0.1) is 0 Å². The Labute approximate surface area is 72.1 Å². The van der Waals surface area contributed by atoms with Crippen LogP contribution in [0.4, 0.5) is 0 Å². The number of rotatable bonds is 2. The molecule has 0 unspecified atom stereocenters. The van der Waals surface area contributed by atoms with Gasteiger partial charge in [0, 0.05) is 7.11 Å². The van der Waals surface area contributed by atoms with Crippen LogP contribution in [0.2, 0.25) is 0 Å². The molecule has 4 heteroatoms. The lowest BCUT2D eigenvalue weighted by Gasteiger charge is -2.20. The van der Waals surface area contributed by atoms with Crippen LogP contribution >= 0.6 is 12.4 Å². The highest BCUT2D eigenvalue weighted by Crippen LogP contribution is 2.32. The van der Waals surface area contributed by atoms with Crippen LogP contribution in [0.3, 0.4) is 0 Å². The Morgan fingerprint density at radius 1 is 1.45 bits per heavy atom. The van der Waals surface area contributed by atoms with Crippen molar-refractivity contribution in [3.63, 3.8) is 0 Å². The second-order valence-corrected chi connectivity index (χ2v) is 2.71. The van der Waals surface area contributed by atoms with Crippen LogP contribution in [0.1, 0.15) is 25.7 Å². The maximum atomic E-state index is 10.6. The van der Waals surface area contributed by atoms with Crippen LogP contribution in [-0.2, 0) is 9.53 Å². The summed E-state index contributed by atoms with van der Waals surface area (Å²) in [7, 11) is 1.47. The van der Waals surface area contributed by atoms with Gasteiger partial charge in [-0.3, -0.25) is 0 Å². The van der Waals surface area contributed by atoms with Gasteiger partial charge in [-0.2, -0.15) is 0 Å². The molecule has 0 atom stereocenters. The van der Waals surface area contributed by atoms with Crippen molar-refractivity contribution in [2.75, 3.05) is 7.11 Å². The lowest BCUT2D eigenvalue weighted by Crippen LogP contribution is -2.37. The van der Waals surface area contributed by atoms with Crippen molar-refractivity contribution < 1.29 is 14.6 Å². The first-order chi connectivity index (χ1) is 4.71. The number of hydrogen-bond donors (Lipinski definition) is 1. The fraction of sp³-hybridized carbons (Fsp3) is 0.857. The van der Waals surface area contributed by atoms with E-state index in [4.69, 9.17) is 9.84 Å². The molecule has 1 saturated carbocycles. The summed E-state index contributed by atoms with van der Waals surface area (Å²) in [6.45, 7) is 0. The van der Waals surface area contributed by atoms with E-state index in [1.165, 1.54) is 7.11 Å². The molecule has 1 N–H and O–H groups in total. The van der Waals surface area contributed by atoms with E-state index < -0.39 is 11.6 Å². The Hall–Kier alpha value is -0.280. The molecule has 0 aliphatic heterocycles. The highest BCUT2D eigenvalue weighted by molar-refractivity contribution is 5.85. The van der Waals surface area contributed by atoms with Crippen molar-refractivity contribution in [3.8, 4) is 0 Å². The molecular formula is C7H13ClO3. The normalized spacial score (nSPS) is 20.8. The summed E-state index contributed by atoms with van der Waals surface area (Å²) < 4.78 is 4.96. The molecule has 1 aliphatic rings. The van der Waals surface area contributed by atoms with Crippen LogP contribution in [0.15, 0.2) is 0 Å². The highest BCUT2D eigenvalue weighted by atomic mass is 35.5. The third-order valence-corrected chi connectivity index (χ3v) is 2.19. The Morgan fingerprint density at radius 2 is 1.91 bits per heavy atom. The zero-order chi connectivity index (χ0) is 7.61. The first-order valence-electron chi connectivity index (χ1n) is 3.50. The molecule has 0 amide bonds. The monoisotopic (exact) mass is 180 g/mol. The minimum Gasteiger partial charge on any atom is -0.479 e. The Bertz CT molecular complexity index is 141. The average molecular weight is 181 g/mol. The van der Waals surface area contributed by atoms with E-state index in [-0.39, 0.29) is 12.4 Å². The standard InChI is InChI=1S/C7H12O3.ClH/c1-10-7(6(8)9)4-2-3-5-7;/h2-5H2,1H3,(H,8,9);1H. The molecule has 0 aromatic heterocycles. The lowest BCUT2D eigenvalue weighted by atomic mass is 10.0. The SMILES string of the molecule is COC1(C(=O)O)CCCC1.Cl. The molecule has 1 fully saturated rings. The number of hydrogen-bond acceptors (Lipinski definition) is 2. The third kappa shape index (κ3) is 1.84.